The molecule has 1 aliphatic carbocycles. The minimum atomic E-state index is -0.724. The topological polar surface area (TPSA) is 33.0 Å². The van der Waals surface area contributed by atoms with Crippen LogP contribution in [0.5, 0.6) is 0 Å². The molecule has 0 radical (unpaired) electrons. The lowest BCUT2D eigenvalue weighted by atomic mass is 9.78. The summed E-state index contributed by atoms with van der Waals surface area (Å²) >= 11 is 0. The fraction of sp³-hybridized carbons (Fsp3) is 0.500. The van der Waals surface area contributed by atoms with Gasteiger partial charge in [-0.3, -0.25) is 0 Å². The molecule has 20 heavy (non-hydrogen) atoms. The molecule has 106 valence electrons. The van der Waals surface area contributed by atoms with E-state index in [9.17, 15) is 5.26 Å². The molecule has 1 aromatic carbocycles. The van der Waals surface area contributed by atoms with Crippen molar-refractivity contribution in [3.63, 3.8) is 0 Å². The molecule has 1 atom stereocenters. The predicted octanol–water partition coefficient (Wildman–Crippen LogP) is 4.72. The van der Waals surface area contributed by atoms with Crippen molar-refractivity contribution in [2.75, 3.05) is 0 Å². The fourth-order valence-corrected chi connectivity index (χ4v) is 2.98. The molecule has 1 aromatic rings. The highest BCUT2D eigenvalue weighted by Gasteiger charge is 2.36. The molecule has 1 saturated carbocycles. The molecular formula is C18H23NO. The quantitative estimate of drug-likeness (QED) is 0.724. The third-order valence-electron chi connectivity index (χ3n) is 4.32. The maximum absolute atomic E-state index is 9.74. The van der Waals surface area contributed by atoms with Gasteiger partial charge in [0.15, 0.2) is 0 Å². The van der Waals surface area contributed by atoms with E-state index in [1.54, 1.807) is 0 Å². The maximum atomic E-state index is 9.74. The van der Waals surface area contributed by atoms with Crippen LogP contribution in [0, 0.1) is 11.3 Å². The Hall–Kier alpha value is -1.75. The summed E-state index contributed by atoms with van der Waals surface area (Å²) in [6.45, 7) is 6.11. The largest absolute Gasteiger partial charge is 0.493 e. The normalized spacial score (nSPS) is 18.8. The number of rotatable bonds is 5. The molecule has 0 N–H and O–H groups in total. The van der Waals surface area contributed by atoms with Gasteiger partial charge in [0.25, 0.3) is 0 Å². The molecule has 0 amide bonds. The van der Waals surface area contributed by atoms with E-state index < -0.39 is 5.41 Å². The maximum Gasteiger partial charge on any atom is 0.138 e. The number of nitriles is 1. The van der Waals surface area contributed by atoms with Gasteiger partial charge >= 0.3 is 0 Å². The minimum absolute atomic E-state index is 0.235. The first-order valence-electron chi connectivity index (χ1n) is 7.55. The smallest absolute Gasteiger partial charge is 0.138 e. The highest BCUT2D eigenvalue weighted by atomic mass is 16.5. The fourth-order valence-electron chi connectivity index (χ4n) is 2.98. The molecule has 2 nitrogen and oxygen atoms in total. The van der Waals surface area contributed by atoms with Crippen LogP contribution in [0.4, 0.5) is 0 Å². The predicted molar refractivity (Wildman–Crippen MR) is 81.1 cm³/mol. The number of ether oxygens (including phenoxy) is 1. The van der Waals surface area contributed by atoms with Crippen LogP contribution in [-0.2, 0) is 10.2 Å². The highest BCUT2D eigenvalue weighted by Crippen LogP contribution is 2.37. The van der Waals surface area contributed by atoms with Crippen molar-refractivity contribution in [3.8, 4) is 6.07 Å². The summed E-state index contributed by atoms with van der Waals surface area (Å²) < 4.78 is 6.08. The van der Waals surface area contributed by atoms with Crippen molar-refractivity contribution < 1.29 is 4.74 Å². The lowest BCUT2D eigenvalue weighted by Gasteiger charge is -2.32. The van der Waals surface area contributed by atoms with E-state index in [2.05, 4.69) is 12.6 Å². The Morgan fingerprint density at radius 3 is 2.50 bits per heavy atom. The van der Waals surface area contributed by atoms with Crippen molar-refractivity contribution in [2.45, 2.75) is 57.0 Å². The van der Waals surface area contributed by atoms with E-state index in [0.717, 1.165) is 18.4 Å². The van der Waals surface area contributed by atoms with Gasteiger partial charge in [0.05, 0.1) is 12.2 Å². The average Bonchev–Trinajstić information content (AvgIpc) is 2.51. The van der Waals surface area contributed by atoms with Gasteiger partial charge in [0.2, 0.25) is 0 Å². The van der Waals surface area contributed by atoms with Crippen LogP contribution < -0.4 is 0 Å². The van der Waals surface area contributed by atoms with E-state index in [-0.39, 0.29) is 6.10 Å². The third kappa shape index (κ3) is 2.88. The zero-order chi connectivity index (χ0) is 14.4. The summed E-state index contributed by atoms with van der Waals surface area (Å²) in [7, 11) is 0. The monoisotopic (exact) mass is 269 g/mol. The van der Waals surface area contributed by atoms with E-state index in [4.69, 9.17) is 4.74 Å². The van der Waals surface area contributed by atoms with Gasteiger partial charge in [-0.15, -0.1) is 0 Å². The van der Waals surface area contributed by atoms with Crippen LogP contribution in [-0.4, -0.2) is 6.10 Å². The van der Waals surface area contributed by atoms with Gasteiger partial charge < -0.3 is 4.74 Å². The van der Waals surface area contributed by atoms with Crippen molar-refractivity contribution in [2.24, 2.45) is 0 Å². The molecule has 2 heteroatoms. The second-order valence-corrected chi connectivity index (χ2v) is 5.54. The summed E-state index contributed by atoms with van der Waals surface area (Å²) in [6, 6.07) is 12.3. The molecule has 1 unspecified atom stereocenters. The Kier molecular flexibility index (Phi) is 4.84. The number of benzene rings is 1. The van der Waals surface area contributed by atoms with E-state index in [0.29, 0.717) is 12.2 Å². The number of allylic oxidation sites excluding steroid dienone is 1. The number of hydrogen-bond acceptors (Lipinski definition) is 2. The molecule has 2 rings (SSSR count). The van der Waals surface area contributed by atoms with Crippen molar-refractivity contribution >= 4 is 0 Å². The van der Waals surface area contributed by atoms with Gasteiger partial charge in [-0.05, 0) is 37.7 Å². The van der Waals surface area contributed by atoms with Gasteiger partial charge in [0.1, 0.15) is 11.2 Å². The summed E-state index contributed by atoms with van der Waals surface area (Å²) in [4.78, 5) is 0. The van der Waals surface area contributed by atoms with Crippen molar-refractivity contribution in [1.82, 2.24) is 0 Å². The summed E-state index contributed by atoms with van der Waals surface area (Å²) in [5, 5.41) is 9.74. The molecule has 0 aliphatic heterocycles. The Balaban J connectivity index is 2.19. The first kappa shape index (κ1) is 14.7. The average molecular weight is 269 g/mol. The molecule has 0 saturated heterocycles. The number of hydrogen-bond donors (Lipinski definition) is 0. The van der Waals surface area contributed by atoms with Gasteiger partial charge in [0, 0.05) is 0 Å². The third-order valence-corrected chi connectivity index (χ3v) is 4.32. The SMILES string of the molecule is C=C(OC1CCCCC1)C(C#N)(CC)c1ccccc1. The Morgan fingerprint density at radius 1 is 1.30 bits per heavy atom. The molecule has 1 aliphatic rings. The van der Waals surface area contributed by atoms with Crippen molar-refractivity contribution in [3.05, 3.63) is 48.2 Å². The first-order valence-corrected chi connectivity index (χ1v) is 7.55. The van der Waals surface area contributed by atoms with E-state index in [1.807, 2.05) is 37.3 Å². The zero-order valence-corrected chi connectivity index (χ0v) is 12.3. The van der Waals surface area contributed by atoms with Crippen LogP contribution in [0.25, 0.3) is 0 Å². The van der Waals surface area contributed by atoms with Crippen LogP contribution in [0.3, 0.4) is 0 Å². The van der Waals surface area contributed by atoms with Gasteiger partial charge in [-0.25, -0.2) is 0 Å². The Bertz CT molecular complexity index is 482. The van der Waals surface area contributed by atoms with E-state index in [1.165, 1.54) is 19.3 Å². The van der Waals surface area contributed by atoms with Crippen LogP contribution in [0.2, 0.25) is 0 Å². The second-order valence-electron chi connectivity index (χ2n) is 5.54. The summed E-state index contributed by atoms with van der Waals surface area (Å²) in [5.41, 5.74) is 0.254. The van der Waals surface area contributed by atoms with Crippen LogP contribution in [0.15, 0.2) is 42.7 Å². The minimum Gasteiger partial charge on any atom is -0.493 e. The van der Waals surface area contributed by atoms with E-state index >= 15 is 0 Å². The highest BCUT2D eigenvalue weighted by molar-refractivity contribution is 5.40. The standard InChI is InChI=1S/C18H23NO/c1-3-18(14-19,16-10-6-4-7-11-16)15(2)20-17-12-8-5-9-13-17/h4,6-7,10-11,17H,2-3,5,8-9,12-13H2,1H3. The molecule has 0 bridgehead atoms. The van der Waals surface area contributed by atoms with Gasteiger partial charge in [-0.1, -0.05) is 50.3 Å². The number of nitrogens with zero attached hydrogens (tertiary/aromatic N) is 1. The second kappa shape index (κ2) is 6.61. The van der Waals surface area contributed by atoms with Crippen molar-refractivity contribution in [1.29, 1.82) is 5.26 Å². The van der Waals surface area contributed by atoms with Crippen LogP contribution >= 0.6 is 0 Å². The first-order chi connectivity index (χ1) is 9.73. The Labute approximate surface area is 122 Å². The lowest BCUT2D eigenvalue weighted by molar-refractivity contribution is 0.0642. The summed E-state index contributed by atoms with van der Waals surface area (Å²) in [5.74, 6) is 0.612. The Morgan fingerprint density at radius 2 is 1.95 bits per heavy atom. The van der Waals surface area contributed by atoms with Gasteiger partial charge in [-0.2, -0.15) is 5.26 Å². The molecule has 0 aromatic heterocycles. The van der Waals surface area contributed by atoms with Crippen LogP contribution in [0.1, 0.15) is 51.0 Å². The molecule has 0 spiro atoms. The summed E-state index contributed by atoms with van der Waals surface area (Å²) in [6.07, 6.45) is 6.81. The molecule has 0 heterocycles. The zero-order valence-electron chi connectivity index (χ0n) is 12.3. The lowest BCUT2D eigenvalue weighted by Crippen LogP contribution is -2.30. The molecule has 1 fully saturated rings. The molecular weight excluding hydrogens is 246 g/mol.